The lowest BCUT2D eigenvalue weighted by atomic mass is 10.1. The fraction of sp³-hybridized carbons (Fsp3) is 0.375. The normalized spacial score (nSPS) is 15.0. The minimum atomic E-state index is 0.0193. The molecule has 1 fully saturated rings. The molecule has 4 heteroatoms. The average Bonchev–Trinajstić information content (AvgIpc) is 2.73. The van der Waals surface area contributed by atoms with Crippen molar-refractivity contribution in [1.29, 1.82) is 0 Å². The summed E-state index contributed by atoms with van der Waals surface area (Å²) in [5.74, 6) is 0.855. The Morgan fingerprint density at radius 3 is 2.50 bits per heavy atom. The molecule has 0 saturated carbocycles. The first-order chi connectivity index (χ1) is 13.7. The largest absolute Gasteiger partial charge is 0.494 e. The lowest BCUT2D eigenvalue weighted by Gasteiger charge is -2.26. The van der Waals surface area contributed by atoms with Crippen LogP contribution in [0.15, 0.2) is 59.4 Å². The number of pyridine rings is 1. The summed E-state index contributed by atoms with van der Waals surface area (Å²) in [6.45, 7) is 6.27. The van der Waals surface area contributed by atoms with Crippen LogP contribution < -0.4 is 10.3 Å². The molecule has 1 aromatic heterocycles. The molecule has 0 amide bonds. The molecule has 0 spiro atoms. The Kier molecular flexibility index (Phi) is 5.77. The Balaban J connectivity index is 1.42. The fourth-order valence-electron chi connectivity index (χ4n) is 4.06. The van der Waals surface area contributed by atoms with Crippen LogP contribution in [0.1, 0.15) is 31.4 Å². The second-order valence-electron chi connectivity index (χ2n) is 7.61. The molecule has 0 aliphatic carbocycles. The van der Waals surface area contributed by atoms with Gasteiger partial charge in [-0.3, -0.25) is 9.36 Å². The van der Waals surface area contributed by atoms with Crippen molar-refractivity contribution in [2.45, 2.75) is 32.6 Å². The third-order valence-electron chi connectivity index (χ3n) is 5.54. The van der Waals surface area contributed by atoms with Gasteiger partial charge in [0.25, 0.3) is 5.56 Å². The third kappa shape index (κ3) is 4.12. The quantitative estimate of drug-likeness (QED) is 0.592. The monoisotopic (exact) mass is 376 g/mol. The van der Waals surface area contributed by atoms with Gasteiger partial charge < -0.3 is 9.64 Å². The molecule has 1 aliphatic rings. The van der Waals surface area contributed by atoms with Crippen LogP contribution in [0.4, 0.5) is 0 Å². The van der Waals surface area contributed by atoms with E-state index in [0.29, 0.717) is 0 Å². The van der Waals surface area contributed by atoms with E-state index in [4.69, 9.17) is 4.74 Å². The van der Waals surface area contributed by atoms with Crippen LogP contribution in [0.5, 0.6) is 5.75 Å². The first-order valence-electron chi connectivity index (χ1n) is 10.3. The summed E-state index contributed by atoms with van der Waals surface area (Å²) < 4.78 is 7.67. The summed E-state index contributed by atoms with van der Waals surface area (Å²) >= 11 is 0. The van der Waals surface area contributed by atoms with E-state index in [9.17, 15) is 4.79 Å². The third-order valence-corrected chi connectivity index (χ3v) is 5.54. The molecule has 0 N–H and O–H groups in total. The van der Waals surface area contributed by atoms with E-state index in [1.165, 1.54) is 32.4 Å². The highest BCUT2D eigenvalue weighted by Gasteiger charge is 2.10. The van der Waals surface area contributed by atoms with Crippen LogP contribution in [-0.2, 0) is 0 Å². The number of hydrogen-bond acceptors (Lipinski definition) is 3. The molecule has 3 aromatic rings. The second kappa shape index (κ2) is 8.61. The number of piperidine rings is 1. The van der Waals surface area contributed by atoms with E-state index in [-0.39, 0.29) is 5.56 Å². The summed E-state index contributed by atoms with van der Waals surface area (Å²) in [6, 6.07) is 17.6. The van der Waals surface area contributed by atoms with Crippen LogP contribution in [0.3, 0.4) is 0 Å². The average molecular weight is 377 g/mol. The van der Waals surface area contributed by atoms with Crippen LogP contribution in [0.2, 0.25) is 0 Å². The van der Waals surface area contributed by atoms with Gasteiger partial charge in [-0.25, -0.2) is 0 Å². The number of aryl methyl sites for hydroxylation is 1. The van der Waals surface area contributed by atoms with Crippen LogP contribution in [-0.4, -0.2) is 35.7 Å². The number of nitrogens with zero attached hydrogens (tertiary/aromatic N) is 2. The number of likely N-dealkylation sites (tertiary alicyclic amines) is 1. The predicted octanol–water partition coefficient (Wildman–Crippen LogP) is 4.55. The highest BCUT2D eigenvalue weighted by Crippen LogP contribution is 2.19. The maximum Gasteiger partial charge on any atom is 0.263 e. The smallest absolute Gasteiger partial charge is 0.263 e. The SMILES string of the molecule is Cc1cc2ccccc2c(=O)n1-c1ccc(OCCCN2CCCCC2)cc1. The van der Waals surface area contributed by atoms with Crippen molar-refractivity contribution in [1.82, 2.24) is 9.47 Å². The van der Waals surface area contributed by atoms with E-state index >= 15 is 0 Å². The molecule has 28 heavy (non-hydrogen) atoms. The molecule has 0 atom stereocenters. The number of fused-ring (bicyclic) bond motifs is 1. The van der Waals surface area contributed by atoms with Crippen molar-refractivity contribution in [3.05, 3.63) is 70.6 Å². The standard InChI is InChI=1S/C24H28N2O2/c1-19-18-20-8-3-4-9-23(20)24(27)26(19)21-10-12-22(13-11-21)28-17-7-16-25-14-5-2-6-15-25/h3-4,8-13,18H,2,5-7,14-17H2,1H3. The summed E-state index contributed by atoms with van der Waals surface area (Å²) in [4.78, 5) is 15.5. The molecule has 0 radical (unpaired) electrons. The fourth-order valence-corrected chi connectivity index (χ4v) is 4.06. The predicted molar refractivity (Wildman–Crippen MR) is 115 cm³/mol. The Morgan fingerprint density at radius 2 is 1.71 bits per heavy atom. The van der Waals surface area contributed by atoms with Crippen LogP contribution >= 0.6 is 0 Å². The van der Waals surface area contributed by atoms with Gasteiger partial charge in [0.2, 0.25) is 0 Å². The maximum absolute atomic E-state index is 12.9. The Hall–Kier alpha value is -2.59. The van der Waals surface area contributed by atoms with Gasteiger partial charge in [0.15, 0.2) is 0 Å². The molecule has 2 aromatic carbocycles. The zero-order valence-corrected chi connectivity index (χ0v) is 16.6. The number of hydrogen-bond donors (Lipinski definition) is 0. The lowest BCUT2D eigenvalue weighted by Crippen LogP contribution is -2.31. The van der Waals surface area contributed by atoms with Gasteiger partial charge in [0.1, 0.15) is 5.75 Å². The molecule has 0 bridgehead atoms. The summed E-state index contributed by atoms with van der Waals surface area (Å²) in [7, 11) is 0. The molecule has 0 unspecified atom stereocenters. The molecule has 2 heterocycles. The molecular formula is C24H28N2O2. The van der Waals surface area contributed by atoms with Crippen molar-refractivity contribution in [3.8, 4) is 11.4 Å². The minimum absolute atomic E-state index is 0.0193. The van der Waals surface area contributed by atoms with Crippen molar-refractivity contribution in [2.24, 2.45) is 0 Å². The van der Waals surface area contributed by atoms with Gasteiger partial charge in [0.05, 0.1) is 6.61 Å². The molecule has 4 nitrogen and oxygen atoms in total. The number of benzene rings is 2. The molecule has 4 rings (SSSR count). The van der Waals surface area contributed by atoms with Gasteiger partial charge in [-0.1, -0.05) is 24.6 Å². The van der Waals surface area contributed by atoms with Gasteiger partial charge in [-0.05, 0) is 81.1 Å². The highest BCUT2D eigenvalue weighted by molar-refractivity contribution is 5.82. The van der Waals surface area contributed by atoms with Crippen LogP contribution in [0.25, 0.3) is 16.5 Å². The number of aromatic nitrogens is 1. The molecule has 1 saturated heterocycles. The highest BCUT2D eigenvalue weighted by atomic mass is 16.5. The summed E-state index contributed by atoms with van der Waals surface area (Å²) in [6.07, 6.45) is 5.08. The topological polar surface area (TPSA) is 34.5 Å². The van der Waals surface area contributed by atoms with Gasteiger partial charge in [-0.2, -0.15) is 0 Å². The maximum atomic E-state index is 12.9. The minimum Gasteiger partial charge on any atom is -0.494 e. The van der Waals surface area contributed by atoms with Crippen LogP contribution in [0, 0.1) is 6.92 Å². The van der Waals surface area contributed by atoms with Gasteiger partial charge in [0, 0.05) is 23.3 Å². The van der Waals surface area contributed by atoms with E-state index in [1.807, 2.05) is 55.5 Å². The van der Waals surface area contributed by atoms with E-state index in [1.54, 1.807) is 4.57 Å². The zero-order valence-electron chi connectivity index (χ0n) is 16.6. The Morgan fingerprint density at radius 1 is 0.964 bits per heavy atom. The number of ether oxygens (including phenoxy) is 1. The van der Waals surface area contributed by atoms with Crippen molar-refractivity contribution in [2.75, 3.05) is 26.2 Å². The first-order valence-corrected chi connectivity index (χ1v) is 10.3. The van der Waals surface area contributed by atoms with Crippen molar-refractivity contribution >= 4 is 10.8 Å². The number of rotatable bonds is 6. The van der Waals surface area contributed by atoms with Gasteiger partial charge in [-0.15, -0.1) is 0 Å². The first kappa shape index (κ1) is 18.8. The Labute approximate surface area is 166 Å². The van der Waals surface area contributed by atoms with Crippen molar-refractivity contribution in [3.63, 3.8) is 0 Å². The van der Waals surface area contributed by atoms with Gasteiger partial charge >= 0.3 is 0 Å². The summed E-state index contributed by atoms with van der Waals surface area (Å²) in [5.41, 5.74) is 1.82. The Bertz CT molecular complexity index is 986. The molecular weight excluding hydrogens is 348 g/mol. The molecule has 1 aliphatic heterocycles. The summed E-state index contributed by atoms with van der Waals surface area (Å²) in [5, 5.41) is 1.72. The van der Waals surface area contributed by atoms with Crippen molar-refractivity contribution < 1.29 is 4.74 Å². The lowest BCUT2D eigenvalue weighted by molar-refractivity contribution is 0.205. The molecule has 146 valence electrons. The van der Waals surface area contributed by atoms with E-state index in [0.717, 1.165) is 47.5 Å². The second-order valence-corrected chi connectivity index (χ2v) is 7.61. The van der Waals surface area contributed by atoms with E-state index in [2.05, 4.69) is 11.0 Å². The zero-order chi connectivity index (χ0) is 19.3. The van der Waals surface area contributed by atoms with E-state index < -0.39 is 0 Å².